The standard InChI is InChI=1S/C13H35N7/c1-15-4-5-17-8-9-19-12-13-20-11-10-18-7-6-16-3-2-14/h15-20H,2-14H2,1H3. The molecule has 122 valence electrons. The third-order valence-corrected chi connectivity index (χ3v) is 2.79. The molecule has 0 bridgehead atoms. The maximum Gasteiger partial charge on any atom is 0.00772 e. The van der Waals surface area contributed by atoms with Crippen LogP contribution in [0.2, 0.25) is 0 Å². The Balaban J connectivity index is 2.89. The van der Waals surface area contributed by atoms with E-state index in [9.17, 15) is 0 Å². The predicted octanol–water partition coefficient (Wildman–Crippen LogP) is -2.89. The molecule has 0 heterocycles. The lowest BCUT2D eigenvalue weighted by Crippen LogP contribution is -2.37. The Morgan fingerprint density at radius 2 is 0.800 bits per heavy atom. The molecule has 0 aliphatic heterocycles. The predicted molar refractivity (Wildman–Crippen MR) is 87.3 cm³/mol. The van der Waals surface area contributed by atoms with E-state index < -0.39 is 0 Å². The Kier molecular flexibility index (Phi) is 18.5. The van der Waals surface area contributed by atoms with Crippen molar-refractivity contribution in [3.8, 4) is 0 Å². The molecule has 0 aromatic rings. The van der Waals surface area contributed by atoms with Crippen LogP contribution in [0.3, 0.4) is 0 Å². The second-order valence-corrected chi connectivity index (χ2v) is 4.64. The third-order valence-electron chi connectivity index (χ3n) is 2.79. The minimum Gasteiger partial charge on any atom is -0.329 e. The molecule has 0 radical (unpaired) electrons. The highest BCUT2D eigenvalue weighted by Crippen LogP contribution is 1.64. The zero-order valence-corrected chi connectivity index (χ0v) is 13.1. The van der Waals surface area contributed by atoms with Gasteiger partial charge in [0.2, 0.25) is 0 Å². The van der Waals surface area contributed by atoms with Gasteiger partial charge in [0.25, 0.3) is 0 Å². The van der Waals surface area contributed by atoms with Crippen LogP contribution < -0.4 is 37.6 Å². The van der Waals surface area contributed by atoms with Crippen molar-refractivity contribution in [1.29, 1.82) is 0 Å². The minimum absolute atomic E-state index is 0.708. The number of hydrogen-bond acceptors (Lipinski definition) is 7. The molecule has 0 fully saturated rings. The first-order valence-electron chi connectivity index (χ1n) is 7.80. The van der Waals surface area contributed by atoms with E-state index in [-0.39, 0.29) is 0 Å². The summed E-state index contributed by atoms with van der Waals surface area (Å²) in [6.07, 6.45) is 0. The summed E-state index contributed by atoms with van der Waals surface area (Å²) >= 11 is 0. The number of likely N-dealkylation sites (N-methyl/N-ethyl adjacent to an activating group) is 1. The lowest BCUT2D eigenvalue weighted by Gasteiger charge is -2.08. The van der Waals surface area contributed by atoms with Crippen molar-refractivity contribution in [3.63, 3.8) is 0 Å². The summed E-state index contributed by atoms with van der Waals surface area (Å²) in [7, 11) is 1.97. The highest BCUT2D eigenvalue weighted by Gasteiger charge is 1.90. The molecular formula is C13H35N7. The van der Waals surface area contributed by atoms with Crippen LogP contribution in [0.25, 0.3) is 0 Å². The van der Waals surface area contributed by atoms with Crippen molar-refractivity contribution in [3.05, 3.63) is 0 Å². The monoisotopic (exact) mass is 289 g/mol. The summed E-state index contributed by atoms with van der Waals surface area (Å²) in [6, 6.07) is 0. The molecule has 0 spiro atoms. The highest BCUT2D eigenvalue weighted by molar-refractivity contribution is 4.58. The van der Waals surface area contributed by atoms with Gasteiger partial charge in [0.1, 0.15) is 0 Å². The van der Waals surface area contributed by atoms with E-state index in [4.69, 9.17) is 5.73 Å². The lowest BCUT2D eigenvalue weighted by molar-refractivity contribution is 0.556. The fourth-order valence-corrected chi connectivity index (χ4v) is 1.65. The maximum atomic E-state index is 5.38. The van der Waals surface area contributed by atoms with Gasteiger partial charge in [-0.2, -0.15) is 0 Å². The first-order chi connectivity index (χ1) is 9.91. The first kappa shape index (κ1) is 19.7. The molecule has 0 unspecified atom stereocenters. The Morgan fingerprint density at radius 3 is 1.10 bits per heavy atom. The number of nitrogens with one attached hydrogen (secondary N) is 6. The summed E-state index contributed by atoms with van der Waals surface area (Å²) in [5.41, 5.74) is 5.38. The number of nitrogens with two attached hydrogens (primary N) is 1. The van der Waals surface area contributed by atoms with Gasteiger partial charge in [-0.25, -0.2) is 0 Å². The van der Waals surface area contributed by atoms with Gasteiger partial charge in [-0.3, -0.25) is 0 Å². The fourth-order valence-electron chi connectivity index (χ4n) is 1.65. The Bertz CT molecular complexity index is 151. The van der Waals surface area contributed by atoms with Crippen LogP contribution in [0.1, 0.15) is 0 Å². The summed E-state index contributed by atoms with van der Waals surface area (Å²) in [5.74, 6) is 0. The average Bonchev–Trinajstić information content (AvgIpc) is 2.47. The van der Waals surface area contributed by atoms with Gasteiger partial charge in [0.05, 0.1) is 0 Å². The van der Waals surface area contributed by atoms with Crippen LogP contribution in [-0.4, -0.2) is 85.6 Å². The Hall–Kier alpha value is -0.280. The van der Waals surface area contributed by atoms with Crippen molar-refractivity contribution < 1.29 is 0 Å². The van der Waals surface area contributed by atoms with E-state index in [1.165, 1.54) is 0 Å². The van der Waals surface area contributed by atoms with Gasteiger partial charge in [-0.05, 0) is 7.05 Å². The molecule has 0 saturated heterocycles. The largest absolute Gasteiger partial charge is 0.329 e. The van der Waals surface area contributed by atoms with Gasteiger partial charge in [0, 0.05) is 78.5 Å². The van der Waals surface area contributed by atoms with Crippen molar-refractivity contribution >= 4 is 0 Å². The molecule has 7 nitrogen and oxygen atoms in total. The Labute approximate surface area is 124 Å². The first-order valence-corrected chi connectivity index (χ1v) is 7.80. The van der Waals surface area contributed by atoms with E-state index in [1.54, 1.807) is 0 Å². The summed E-state index contributed by atoms with van der Waals surface area (Å²) < 4.78 is 0. The van der Waals surface area contributed by atoms with E-state index in [0.29, 0.717) is 6.54 Å². The van der Waals surface area contributed by atoms with E-state index in [0.717, 1.165) is 72.0 Å². The van der Waals surface area contributed by atoms with E-state index in [1.807, 2.05) is 7.05 Å². The molecule has 0 aromatic heterocycles. The third kappa shape index (κ3) is 17.7. The topological polar surface area (TPSA) is 98.2 Å². The van der Waals surface area contributed by atoms with Gasteiger partial charge < -0.3 is 37.6 Å². The fraction of sp³-hybridized carbons (Fsp3) is 1.00. The molecular weight excluding hydrogens is 254 g/mol. The van der Waals surface area contributed by atoms with Crippen LogP contribution in [0.4, 0.5) is 0 Å². The number of hydrogen-bond donors (Lipinski definition) is 7. The Morgan fingerprint density at radius 1 is 0.500 bits per heavy atom. The minimum atomic E-state index is 0.708. The van der Waals surface area contributed by atoms with Crippen LogP contribution in [-0.2, 0) is 0 Å². The van der Waals surface area contributed by atoms with Crippen LogP contribution in [0.15, 0.2) is 0 Å². The zero-order chi connectivity index (χ0) is 14.7. The molecule has 0 rings (SSSR count). The van der Waals surface area contributed by atoms with Gasteiger partial charge in [-0.15, -0.1) is 0 Å². The summed E-state index contributed by atoms with van der Waals surface area (Å²) in [6.45, 7) is 11.8. The summed E-state index contributed by atoms with van der Waals surface area (Å²) in [4.78, 5) is 0. The lowest BCUT2D eigenvalue weighted by atomic mass is 10.5. The van der Waals surface area contributed by atoms with E-state index >= 15 is 0 Å². The molecule has 0 amide bonds. The smallest absolute Gasteiger partial charge is 0.00772 e. The molecule has 20 heavy (non-hydrogen) atoms. The van der Waals surface area contributed by atoms with Crippen LogP contribution in [0.5, 0.6) is 0 Å². The van der Waals surface area contributed by atoms with Gasteiger partial charge in [0.15, 0.2) is 0 Å². The van der Waals surface area contributed by atoms with Crippen molar-refractivity contribution in [2.24, 2.45) is 5.73 Å². The van der Waals surface area contributed by atoms with E-state index in [2.05, 4.69) is 31.9 Å². The van der Waals surface area contributed by atoms with Crippen LogP contribution in [0, 0.1) is 0 Å². The number of rotatable bonds is 17. The molecule has 8 N–H and O–H groups in total. The molecule has 0 saturated carbocycles. The molecule has 7 heteroatoms. The van der Waals surface area contributed by atoms with Gasteiger partial charge in [-0.1, -0.05) is 0 Å². The SMILES string of the molecule is CNCCNCCNCCNCCNCCNCCN. The molecule has 0 atom stereocenters. The average molecular weight is 289 g/mol. The van der Waals surface area contributed by atoms with Crippen molar-refractivity contribution in [2.75, 3.05) is 85.6 Å². The maximum absolute atomic E-state index is 5.38. The van der Waals surface area contributed by atoms with Crippen LogP contribution >= 0.6 is 0 Å². The molecule has 0 aromatic carbocycles. The zero-order valence-electron chi connectivity index (χ0n) is 13.1. The van der Waals surface area contributed by atoms with Crippen molar-refractivity contribution in [1.82, 2.24) is 31.9 Å². The molecule has 0 aliphatic rings. The summed E-state index contributed by atoms with van der Waals surface area (Å²) in [5, 5.41) is 19.9. The second-order valence-electron chi connectivity index (χ2n) is 4.64. The second kappa shape index (κ2) is 18.7. The quantitative estimate of drug-likeness (QED) is 0.144. The molecule has 0 aliphatic carbocycles. The highest BCUT2D eigenvalue weighted by atomic mass is 15.0. The van der Waals surface area contributed by atoms with Crippen molar-refractivity contribution in [2.45, 2.75) is 0 Å². The normalized spacial score (nSPS) is 11.1. The van der Waals surface area contributed by atoms with Gasteiger partial charge >= 0.3 is 0 Å².